The van der Waals surface area contributed by atoms with Crippen LogP contribution >= 0.6 is 0 Å². The van der Waals surface area contributed by atoms with Gasteiger partial charge in [0.15, 0.2) is 0 Å². The quantitative estimate of drug-likeness (QED) is 0.690. The van der Waals surface area contributed by atoms with E-state index in [0.29, 0.717) is 0 Å². The third-order valence-electron chi connectivity index (χ3n) is 2.14. The molecule has 13 heavy (non-hydrogen) atoms. The SMILES string of the molecule is CC1(C)CN=C(c2ccccc2)N1. The summed E-state index contributed by atoms with van der Waals surface area (Å²) < 4.78 is 0. The van der Waals surface area contributed by atoms with Gasteiger partial charge in [-0.2, -0.15) is 0 Å². The minimum Gasteiger partial charge on any atom is -0.363 e. The normalized spacial score (nSPS) is 19.4. The smallest absolute Gasteiger partial charge is 0.128 e. The summed E-state index contributed by atoms with van der Waals surface area (Å²) in [7, 11) is 0. The fourth-order valence-corrected chi connectivity index (χ4v) is 1.44. The third-order valence-corrected chi connectivity index (χ3v) is 2.14. The van der Waals surface area contributed by atoms with Gasteiger partial charge in [-0.1, -0.05) is 30.3 Å². The molecule has 1 N–H and O–H groups in total. The number of benzene rings is 1. The molecule has 1 aromatic carbocycles. The molecule has 1 heterocycles. The molecule has 0 aromatic heterocycles. The van der Waals surface area contributed by atoms with Gasteiger partial charge in [-0.05, 0) is 13.8 Å². The predicted octanol–water partition coefficient (Wildman–Crippen LogP) is 1.81. The van der Waals surface area contributed by atoms with Crippen LogP contribution in [0.15, 0.2) is 35.3 Å². The van der Waals surface area contributed by atoms with Crippen LogP contribution in [0.4, 0.5) is 0 Å². The van der Waals surface area contributed by atoms with E-state index >= 15 is 0 Å². The first-order chi connectivity index (χ1) is 6.17. The lowest BCUT2D eigenvalue weighted by Crippen LogP contribution is -2.39. The van der Waals surface area contributed by atoms with Crippen molar-refractivity contribution < 1.29 is 0 Å². The average molecular weight is 174 g/mol. The highest BCUT2D eigenvalue weighted by Crippen LogP contribution is 2.13. The van der Waals surface area contributed by atoms with E-state index in [4.69, 9.17) is 0 Å². The Morgan fingerprint density at radius 1 is 1.23 bits per heavy atom. The van der Waals surface area contributed by atoms with E-state index in [0.717, 1.165) is 12.4 Å². The molecule has 0 saturated heterocycles. The number of amidine groups is 1. The Morgan fingerprint density at radius 2 is 1.92 bits per heavy atom. The molecule has 68 valence electrons. The lowest BCUT2D eigenvalue weighted by atomic mass is 10.1. The van der Waals surface area contributed by atoms with Crippen molar-refractivity contribution in [1.82, 2.24) is 5.32 Å². The van der Waals surface area contributed by atoms with Gasteiger partial charge in [-0.3, -0.25) is 4.99 Å². The highest BCUT2D eigenvalue weighted by Gasteiger charge is 2.24. The molecule has 2 nitrogen and oxygen atoms in total. The molecule has 2 rings (SSSR count). The fourth-order valence-electron chi connectivity index (χ4n) is 1.44. The Hall–Kier alpha value is -1.31. The molecule has 1 aliphatic rings. The summed E-state index contributed by atoms with van der Waals surface area (Å²) in [6.07, 6.45) is 0. The van der Waals surface area contributed by atoms with Gasteiger partial charge in [-0.15, -0.1) is 0 Å². The van der Waals surface area contributed by atoms with Crippen LogP contribution in [0.3, 0.4) is 0 Å². The molecule has 0 aliphatic carbocycles. The second-order valence-electron chi connectivity index (χ2n) is 4.04. The summed E-state index contributed by atoms with van der Waals surface area (Å²) in [4.78, 5) is 4.46. The molecule has 0 spiro atoms. The van der Waals surface area contributed by atoms with Crippen molar-refractivity contribution in [3.05, 3.63) is 35.9 Å². The minimum atomic E-state index is 0.116. The molecule has 0 saturated carbocycles. The monoisotopic (exact) mass is 174 g/mol. The van der Waals surface area contributed by atoms with Crippen molar-refractivity contribution in [1.29, 1.82) is 0 Å². The summed E-state index contributed by atoms with van der Waals surface area (Å²) in [5.41, 5.74) is 1.29. The highest BCUT2D eigenvalue weighted by atomic mass is 15.1. The maximum absolute atomic E-state index is 4.46. The van der Waals surface area contributed by atoms with E-state index in [-0.39, 0.29) is 5.54 Å². The molecule has 2 heteroatoms. The first kappa shape index (κ1) is 8.30. The van der Waals surface area contributed by atoms with Gasteiger partial charge in [0.2, 0.25) is 0 Å². The van der Waals surface area contributed by atoms with Crippen LogP contribution < -0.4 is 5.32 Å². The Morgan fingerprint density at radius 3 is 2.46 bits per heavy atom. The van der Waals surface area contributed by atoms with Crippen molar-refractivity contribution in [2.24, 2.45) is 4.99 Å². The van der Waals surface area contributed by atoms with Gasteiger partial charge in [0.25, 0.3) is 0 Å². The standard InChI is InChI=1S/C11H14N2/c1-11(2)8-12-10(13-11)9-6-4-3-5-7-9/h3-7H,8H2,1-2H3,(H,12,13). The molecule has 0 fully saturated rings. The van der Waals surface area contributed by atoms with Gasteiger partial charge in [-0.25, -0.2) is 0 Å². The Labute approximate surface area is 78.7 Å². The first-order valence-corrected chi connectivity index (χ1v) is 4.55. The molecule has 0 atom stereocenters. The number of nitrogens with one attached hydrogen (secondary N) is 1. The average Bonchev–Trinajstić information content (AvgIpc) is 2.48. The van der Waals surface area contributed by atoms with E-state index in [1.165, 1.54) is 5.56 Å². The molecular formula is C11H14N2. The van der Waals surface area contributed by atoms with Crippen molar-refractivity contribution in [2.45, 2.75) is 19.4 Å². The molecule has 0 unspecified atom stereocenters. The van der Waals surface area contributed by atoms with Crippen LogP contribution in [-0.4, -0.2) is 17.9 Å². The lowest BCUT2D eigenvalue weighted by molar-refractivity contribution is 0.506. The van der Waals surface area contributed by atoms with Gasteiger partial charge < -0.3 is 5.32 Å². The summed E-state index contributed by atoms with van der Waals surface area (Å²) in [5, 5.41) is 3.40. The second-order valence-corrected chi connectivity index (χ2v) is 4.04. The third kappa shape index (κ3) is 1.72. The number of hydrogen-bond donors (Lipinski definition) is 1. The lowest BCUT2D eigenvalue weighted by Gasteiger charge is -2.18. The molecule has 1 aliphatic heterocycles. The van der Waals surface area contributed by atoms with Crippen molar-refractivity contribution in [2.75, 3.05) is 6.54 Å². The van der Waals surface area contributed by atoms with Crippen LogP contribution in [0.2, 0.25) is 0 Å². The zero-order valence-corrected chi connectivity index (χ0v) is 8.04. The summed E-state index contributed by atoms with van der Waals surface area (Å²) >= 11 is 0. The van der Waals surface area contributed by atoms with E-state index in [2.05, 4.69) is 36.3 Å². The maximum Gasteiger partial charge on any atom is 0.128 e. The van der Waals surface area contributed by atoms with Crippen molar-refractivity contribution in [3.8, 4) is 0 Å². The topological polar surface area (TPSA) is 24.4 Å². The van der Waals surface area contributed by atoms with Crippen LogP contribution in [0.5, 0.6) is 0 Å². The number of hydrogen-bond acceptors (Lipinski definition) is 2. The zero-order chi connectivity index (χ0) is 9.31. The Kier molecular flexibility index (Phi) is 1.83. The number of nitrogens with zero attached hydrogens (tertiary/aromatic N) is 1. The van der Waals surface area contributed by atoms with Gasteiger partial charge in [0.05, 0.1) is 12.1 Å². The Bertz CT molecular complexity index is 325. The van der Waals surface area contributed by atoms with Crippen molar-refractivity contribution in [3.63, 3.8) is 0 Å². The summed E-state index contributed by atoms with van der Waals surface area (Å²) in [5.74, 6) is 1.02. The van der Waals surface area contributed by atoms with Crippen LogP contribution in [0.1, 0.15) is 19.4 Å². The van der Waals surface area contributed by atoms with Gasteiger partial charge in [0.1, 0.15) is 5.84 Å². The van der Waals surface area contributed by atoms with E-state index in [1.807, 2.05) is 18.2 Å². The van der Waals surface area contributed by atoms with Gasteiger partial charge >= 0.3 is 0 Å². The molecule has 0 amide bonds. The van der Waals surface area contributed by atoms with E-state index in [1.54, 1.807) is 0 Å². The van der Waals surface area contributed by atoms with E-state index in [9.17, 15) is 0 Å². The molecule has 0 radical (unpaired) electrons. The minimum absolute atomic E-state index is 0.116. The van der Waals surface area contributed by atoms with Gasteiger partial charge in [0, 0.05) is 5.56 Å². The summed E-state index contributed by atoms with van der Waals surface area (Å²) in [6.45, 7) is 5.18. The van der Waals surface area contributed by atoms with E-state index < -0.39 is 0 Å². The van der Waals surface area contributed by atoms with Crippen LogP contribution in [0.25, 0.3) is 0 Å². The molecular weight excluding hydrogens is 160 g/mol. The first-order valence-electron chi connectivity index (χ1n) is 4.55. The Balaban J connectivity index is 2.22. The fraction of sp³-hybridized carbons (Fsp3) is 0.364. The number of aliphatic imine (C=N–C) groups is 1. The predicted molar refractivity (Wildman–Crippen MR) is 55.1 cm³/mol. The molecule has 0 bridgehead atoms. The number of rotatable bonds is 1. The highest BCUT2D eigenvalue weighted by molar-refractivity contribution is 6.00. The molecule has 1 aromatic rings. The van der Waals surface area contributed by atoms with Crippen LogP contribution in [0, 0.1) is 0 Å². The maximum atomic E-state index is 4.46. The van der Waals surface area contributed by atoms with Crippen molar-refractivity contribution >= 4 is 5.84 Å². The summed E-state index contributed by atoms with van der Waals surface area (Å²) in [6, 6.07) is 10.2. The second kappa shape index (κ2) is 2.87. The van der Waals surface area contributed by atoms with Crippen LogP contribution in [-0.2, 0) is 0 Å². The zero-order valence-electron chi connectivity index (χ0n) is 8.04. The largest absolute Gasteiger partial charge is 0.363 e.